The summed E-state index contributed by atoms with van der Waals surface area (Å²) in [6.45, 7) is 4.78. The topological polar surface area (TPSA) is 55.1 Å². The third-order valence-corrected chi connectivity index (χ3v) is 4.38. The van der Waals surface area contributed by atoms with Crippen LogP contribution in [0.1, 0.15) is 31.6 Å². The van der Waals surface area contributed by atoms with Gasteiger partial charge in [0.05, 0.1) is 0 Å². The van der Waals surface area contributed by atoms with Crippen molar-refractivity contribution in [2.24, 2.45) is 11.7 Å². The molecule has 1 atom stereocenters. The van der Waals surface area contributed by atoms with Crippen LogP contribution in [0.25, 0.3) is 0 Å². The summed E-state index contributed by atoms with van der Waals surface area (Å²) in [5.41, 5.74) is 5.66. The molecule has 0 fully saturated rings. The fraction of sp³-hybridized carbons (Fsp3) is 0.615. The molecular weight excluding hydrogens is 312 g/mol. The molecule has 1 heterocycles. The van der Waals surface area contributed by atoms with Crippen molar-refractivity contribution in [2.45, 2.75) is 39.2 Å². The van der Waals surface area contributed by atoms with Gasteiger partial charge in [-0.05, 0) is 40.8 Å². The molecule has 0 saturated carbocycles. The van der Waals surface area contributed by atoms with Crippen molar-refractivity contribution in [1.29, 1.82) is 0 Å². The van der Waals surface area contributed by atoms with E-state index in [1.807, 2.05) is 5.38 Å². The summed E-state index contributed by atoms with van der Waals surface area (Å²) < 4.78 is 1.09. The van der Waals surface area contributed by atoms with E-state index in [2.05, 4.69) is 41.2 Å². The fourth-order valence-electron chi connectivity index (χ4n) is 1.80. The van der Waals surface area contributed by atoms with Gasteiger partial charge in [0.2, 0.25) is 5.91 Å². The van der Waals surface area contributed by atoms with Crippen molar-refractivity contribution in [3.63, 3.8) is 0 Å². The lowest BCUT2D eigenvalue weighted by molar-refractivity contribution is -0.121. The maximum Gasteiger partial charge on any atom is 0.220 e. The number of nitrogens with two attached hydrogens (primary N) is 1. The molecule has 5 heteroatoms. The maximum absolute atomic E-state index is 11.8. The molecule has 0 aliphatic rings. The average molecular weight is 333 g/mol. The summed E-state index contributed by atoms with van der Waals surface area (Å²) in [6.07, 6.45) is 2.26. The summed E-state index contributed by atoms with van der Waals surface area (Å²) in [6, 6.07) is 2.17. The first kappa shape index (κ1) is 15.7. The summed E-state index contributed by atoms with van der Waals surface area (Å²) >= 11 is 5.09. The number of hydrogen-bond donors (Lipinski definition) is 2. The molecule has 1 aromatic rings. The smallest absolute Gasteiger partial charge is 0.220 e. The molecule has 3 N–H and O–H groups in total. The van der Waals surface area contributed by atoms with Gasteiger partial charge in [-0.15, -0.1) is 11.3 Å². The first-order valence-electron chi connectivity index (χ1n) is 6.23. The van der Waals surface area contributed by atoms with E-state index in [0.717, 1.165) is 17.3 Å². The summed E-state index contributed by atoms with van der Waals surface area (Å²) in [5.74, 6) is 0.641. The van der Waals surface area contributed by atoms with Crippen LogP contribution in [0.2, 0.25) is 0 Å². The zero-order valence-electron chi connectivity index (χ0n) is 10.9. The molecule has 0 radical (unpaired) electrons. The Kier molecular flexibility index (Phi) is 6.89. The molecule has 1 unspecified atom stereocenters. The number of hydrogen-bond acceptors (Lipinski definition) is 3. The Bertz CT molecular complexity index is 379. The molecule has 102 valence electrons. The zero-order chi connectivity index (χ0) is 13.5. The van der Waals surface area contributed by atoms with Crippen LogP contribution < -0.4 is 11.1 Å². The molecule has 0 saturated heterocycles. The summed E-state index contributed by atoms with van der Waals surface area (Å²) in [4.78, 5) is 13.0. The molecule has 1 rings (SSSR count). The number of amides is 1. The Morgan fingerprint density at radius 3 is 2.78 bits per heavy atom. The van der Waals surface area contributed by atoms with Crippen molar-refractivity contribution in [3.05, 3.63) is 20.8 Å². The predicted octanol–water partition coefficient (Wildman–Crippen LogP) is 2.93. The van der Waals surface area contributed by atoms with E-state index in [9.17, 15) is 4.79 Å². The van der Waals surface area contributed by atoms with E-state index >= 15 is 0 Å². The van der Waals surface area contributed by atoms with Crippen LogP contribution in [0.5, 0.6) is 0 Å². The van der Waals surface area contributed by atoms with E-state index in [1.54, 1.807) is 11.3 Å². The second-order valence-electron chi connectivity index (χ2n) is 4.86. The summed E-state index contributed by atoms with van der Waals surface area (Å²) in [7, 11) is 0. The number of nitrogens with one attached hydrogen (secondary N) is 1. The van der Waals surface area contributed by atoms with Crippen molar-refractivity contribution < 1.29 is 4.79 Å². The zero-order valence-corrected chi connectivity index (χ0v) is 13.3. The van der Waals surface area contributed by atoms with Gasteiger partial charge in [-0.25, -0.2) is 0 Å². The molecule has 1 aromatic heterocycles. The number of aryl methyl sites for hydroxylation is 1. The third kappa shape index (κ3) is 5.98. The average Bonchev–Trinajstić information content (AvgIpc) is 2.71. The Hall–Kier alpha value is -0.390. The highest BCUT2D eigenvalue weighted by atomic mass is 79.9. The number of halogens is 1. The Labute approximate surface area is 121 Å². The SMILES string of the molecule is CC(C)CC(CN)NC(=O)CCc1cc(Br)cs1. The van der Waals surface area contributed by atoms with Gasteiger partial charge in [-0.1, -0.05) is 13.8 Å². The van der Waals surface area contributed by atoms with Gasteiger partial charge < -0.3 is 11.1 Å². The van der Waals surface area contributed by atoms with Crippen LogP contribution in [0, 0.1) is 5.92 Å². The molecule has 1 amide bonds. The van der Waals surface area contributed by atoms with E-state index in [0.29, 0.717) is 18.9 Å². The van der Waals surface area contributed by atoms with Crippen LogP contribution in [0.15, 0.2) is 15.9 Å². The van der Waals surface area contributed by atoms with Crippen molar-refractivity contribution in [3.8, 4) is 0 Å². The molecule has 0 spiro atoms. The minimum atomic E-state index is 0.0932. The van der Waals surface area contributed by atoms with E-state index in [1.165, 1.54) is 4.88 Å². The minimum absolute atomic E-state index is 0.0932. The lowest BCUT2D eigenvalue weighted by Gasteiger charge is -2.18. The first-order chi connectivity index (χ1) is 8.51. The molecule has 0 aromatic carbocycles. The Balaban J connectivity index is 2.32. The van der Waals surface area contributed by atoms with E-state index < -0.39 is 0 Å². The molecule has 0 bridgehead atoms. The summed E-state index contributed by atoms with van der Waals surface area (Å²) in [5, 5.41) is 5.04. The quantitative estimate of drug-likeness (QED) is 0.806. The predicted molar refractivity (Wildman–Crippen MR) is 80.8 cm³/mol. The van der Waals surface area contributed by atoms with E-state index in [4.69, 9.17) is 5.73 Å². The van der Waals surface area contributed by atoms with Gasteiger partial charge in [-0.2, -0.15) is 0 Å². The fourth-order valence-corrected chi connectivity index (χ4v) is 3.26. The Morgan fingerprint density at radius 2 is 2.28 bits per heavy atom. The van der Waals surface area contributed by atoms with Crippen LogP contribution in [0.3, 0.4) is 0 Å². The lowest BCUT2D eigenvalue weighted by Crippen LogP contribution is -2.41. The second kappa shape index (κ2) is 7.92. The minimum Gasteiger partial charge on any atom is -0.352 e. The first-order valence-corrected chi connectivity index (χ1v) is 7.91. The molecule has 3 nitrogen and oxygen atoms in total. The Morgan fingerprint density at radius 1 is 1.56 bits per heavy atom. The van der Waals surface area contributed by atoms with Gasteiger partial charge in [0.25, 0.3) is 0 Å². The van der Waals surface area contributed by atoms with Crippen LogP contribution in [-0.4, -0.2) is 18.5 Å². The maximum atomic E-state index is 11.8. The highest BCUT2D eigenvalue weighted by Crippen LogP contribution is 2.20. The number of rotatable bonds is 7. The highest BCUT2D eigenvalue weighted by Gasteiger charge is 2.12. The number of carbonyl (C=O) groups is 1. The second-order valence-corrected chi connectivity index (χ2v) is 6.77. The standard InChI is InChI=1S/C13H21BrN2OS/c1-9(2)5-11(7-15)16-13(17)4-3-12-6-10(14)8-18-12/h6,8-9,11H,3-5,7,15H2,1-2H3,(H,16,17). The molecule has 0 aliphatic heterocycles. The third-order valence-electron chi connectivity index (χ3n) is 2.63. The van der Waals surface area contributed by atoms with Gasteiger partial charge in [-0.3, -0.25) is 4.79 Å². The molecule has 18 heavy (non-hydrogen) atoms. The van der Waals surface area contributed by atoms with Crippen LogP contribution in [-0.2, 0) is 11.2 Å². The monoisotopic (exact) mass is 332 g/mol. The van der Waals surface area contributed by atoms with Gasteiger partial charge in [0, 0.05) is 33.7 Å². The van der Waals surface area contributed by atoms with Gasteiger partial charge in [0.15, 0.2) is 0 Å². The lowest BCUT2D eigenvalue weighted by atomic mass is 10.0. The highest BCUT2D eigenvalue weighted by molar-refractivity contribution is 9.10. The largest absolute Gasteiger partial charge is 0.352 e. The molecule has 0 aliphatic carbocycles. The van der Waals surface area contributed by atoms with Crippen LogP contribution >= 0.6 is 27.3 Å². The van der Waals surface area contributed by atoms with Gasteiger partial charge >= 0.3 is 0 Å². The normalized spacial score (nSPS) is 12.7. The number of thiophene rings is 1. The van der Waals surface area contributed by atoms with Crippen molar-refractivity contribution in [2.75, 3.05) is 6.54 Å². The van der Waals surface area contributed by atoms with Crippen LogP contribution in [0.4, 0.5) is 0 Å². The van der Waals surface area contributed by atoms with E-state index in [-0.39, 0.29) is 11.9 Å². The molecular formula is C13H21BrN2OS. The van der Waals surface area contributed by atoms with Crippen molar-refractivity contribution >= 4 is 33.2 Å². The van der Waals surface area contributed by atoms with Crippen molar-refractivity contribution in [1.82, 2.24) is 5.32 Å². The van der Waals surface area contributed by atoms with Gasteiger partial charge in [0.1, 0.15) is 0 Å². The number of carbonyl (C=O) groups excluding carboxylic acids is 1.